The molecule has 0 saturated carbocycles. The van der Waals surface area contributed by atoms with Crippen molar-refractivity contribution in [2.24, 2.45) is 0 Å². The van der Waals surface area contributed by atoms with Crippen LogP contribution in [0.25, 0.3) is 111 Å². The molecule has 5 nitrogen and oxygen atoms in total. The Labute approximate surface area is 378 Å². The van der Waals surface area contributed by atoms with Crippen molar-refractivity contribution >= 4 is 43.6 Å². The van der Waals surface area contributed by atoms with Crippen molar-refractivity contribution in [3.05, 3.63) is 230 Å². The Morgan fingerprint density at radius 3 is 1.23 bits per heavy atom. The molecule has 0 N–H and O–H groups in total. The highest BCUT2D eigenvalue weighted by Gasteiger charge is 2.27. The predicted octanol–water partition coefficient (Wildman–Crippen LogP) is 15.2. The van der Waals surface area contributed by atoms with Crippen molar-refractivity contribution in [1.29, 1.82) is 5.26 Å². The van der Waals surface area contributed by atoms with E-state index in [-0.39, 0.29) is 5.56 Å². The van der Waals surface area contributed by atoms with E-state index < -0.39 is 11.6 Å². The lowest BCUT2D eigenvalue weighted by Gasteiger charge is -2.21. The fourth-order valence-electron chi connectivity index (χ4n) is 9.53. The maximum absolute atomic E-state index is 16.6. The van der Waals surface area contributed by atoms with Crippen LogP contribution in [0.1, 0.15) is 5.56 Å². The first kappa shape index (κ1) is 38.7. The molecule has 0 aliphatic heterocycles. The number of para-hydroxylation sites is 2. The molecule has 12 aromatic rings. The molecule has 66 heavy (non-hydrogen) atoms. The predicted molar refractivity (Wildman–Crippen MR) is 263 cm³/mol. The van der Waals surface area contributed by atoms with Gasteiger partial charge < -0.3 is 9.13 Å². The van der Waals surface area contributed by atoms with Gasteiger partial charge in [0.05, 0.1) is 62.0 Å². The first-order valence-electron chi connectivity index (χ1n) is 21.7. The van der Waals surface area contributed by atoms with E-state index in [0.717, 1.165) is 88.4 Å². The topological polar surface area (TPSA) is 59.4 Å². The molecule has 0 aliphatic rings. The second-order valence-electron chi connectivity index (χ2n) is 16.4. The average Bonchev–Trinajstić information content (AvgIpc) is 3.89. The highest BCUT2D eigenvalue weighted by molar-refractivity contribution is 6.13. The number of nitriles is 1. The number of nitrogens with zero attached hydrogens (tertiary/aromatic N) is 5. The van der Waals surface area contributed by atoms with Gasteiger partial charge in [0.25, 0.3) is 0 Å². The zero-order chi connectivity index (χ0) is 44.3. The van der Waals surface area contributed by atoms with Crippen LogP contribution in [0.5, 0.6) is 0 Å². The van der Waals surface area contributed by atoms with E-state index in [4.69, 9.17) is 9.97 Å². The fourth-order valence-corrected chi connectivity index (χ4v) is 9.53. The molecule has 0 unspecified atom stereocenters. The minimum absolute atomic E-state index is 0.189. The molecule has 0 bridgehead atoms. The van der Waals surface area contributed by atoms with E-state index in [2.05, 4.69) is 42.5 Å². The highest BCUT2D eigenvalue weighted by atomic mass is 19.1. The number of fused-ring (bicyclic) bond motifs is 6. The summed E-state index contributed by atoms with van der Waals surface area (Å²) in [6, 6.07) is 66.7. The van der Waals surface area contributed by atoms with Gasteiger partial charge >= 0.3 is 0 Å². The van der Waals surface area contributed by atoms with E-state index in [1.807, 2.05) is 155 Å². The second-order valence-corrected chi connectivity index (χ2v) is 16.4. The Morgan fingerprint density at radius 1 is 0.364 bits per heavy atom. The van der Waals surface area contributed by atoms with Gasteiger partial charge in [-0.25, -0.2) is 8.78 Å². The molecular formula is C59H35F2N5. The van der Waals surface area contributed by atoms with Crippen LogP contribution in [-0.4, -0.2) is 19.1 Å². The second kappa shape index (κ2) is 15.7. The minimum atomic E-state index is -0.716. The molecule has 0 saturated heterocycles. The summed E-state index contributed by atoms with van der Waals surface area (Å²) in [5.41, 5.74) is 12.3. The third kappa shape index (κ3) is 6.35. The molecule has 4 aromatic heterocycles. The van der Waals surface area contributed by atoms with Crippen molar-refractivity contribution in [3.63, 3.8) is 0 Å². The normalized spacial score (nSPS) is 11.5. The highest BCUT2D eigenvalue weighted by Crippen LogP contribution is 2.45. The third-order valence-electron chi connectivity index (χ3n) is 12.6. The number of hydrogen-bond acceptors (Lipinski definition) is 3. The monoisotopic (exact) mass is 851 g/mol. The lowest BCUT2D eigenvalue weighted by molar-refractivity contribution is 0.589. The summed E-state index contributed by atoms with van der Waals surface area (Å²) in [6.07, 6.45) is 3.77. The van der Waals surface area contributed by atoms with Gasteiger partial charge in [-0.15, -0.1) is 0 Å². The number of benzene rings is 8. The van der Waals surface area contributed by atoms with Gasteiger partial charge in [0.1, 0.15) is 11.6 Å². The maximum Gasteiger partial charge on any atom is 0.134 e. The number of pyridine rings is 2. The fraction of sp³-hybridized carbons (Fsp3) is 0. The Balaban J connectivity index is 1.09. The van der Waals surface area contributed by atoms with Crippen molar-refractivity contribution in [2.75, 3.05) is 0 Å². The molecule has 0 amide bonds. The summed E-state index contributed by atoms with van der Waals surface area (Å²) >= 11 is 0. The summed E-state index contributed by atoms with van der Waals surface area (Å²) in [7, 11) is 0. The smallest absolute Gasteiger partial charge is 0.134 e. The lowest BCUT2D eigenvalue weighted by atomic mass is 9.97. The van der Waals surface area contributed by atoms with E-state index in [1.165, 1.54) is 18.2 Å². The Kier molecular flexibility index (Phi) is 9.18. The number of hydrogen-bond donors (Lipinski definition) is 0. The van der Waals surface area contributed by atoms with Crippen LogP contribution >= 0.6 is 0 Å². The standard InChI is InChI=1S/C59H35F2N5/c60-48-18-11-19-49(61)58(48)59-56(65-52-20-9-7-16-44(52)46-32-40(24-28-54(46)65)42-22-26-50(63-35-42)38-12-3-1-4-13-38)30-37(34-62)31-57(59)66-53-21-10-8-17-45(53)47-33-41(25-29-55(47)66)43-23-27-51(64-36-43)39-14-5-2-6-15-39/h1-33,35-36H. The van der Waals surface area contributed by atoms with Gasteiger partial charge in [0.15, 0.2) is 0 Å². The molecule has 0 fully saturated rings. The van der Waals surface area contributed by atoms with Gasteiger partial charge in [0, 0.05) is 61.8 Å². The molecule has 0 aliphatic carbocycles. The average molecular weight is 852 g/mol. The van der Waals surface area contributed by atoms with Crippen LogP contribution in [0.4, 0.5) is 8.78 Å². The summed E-state index contributed by atoms with van der Waals surface area (Å²) in [6.45, 7) is 0. The number of rotatable bonds is 7. The maximum atomic E-state index is 16.6. The van der Waals surface area contributed by atoms with Crippen LogP contribution in [-0.2, 0) is 0 Å². The zero-order valence-electron chi connectivity index (χ0n) is 35.2. The molecule has 12 rings (SSSR count). The summed E-state index contributed by atoms with van der Waals surface area (Å²) in [4.78, 5) is 9.60. The molecule has 7 heteroatoms. The van der Waals surface area contributed by atoms with Crippen LogP contribution in [0.3, 0.4) is 0 Å². The largest absolute Gasteiger partial charge is 0.308 e. The Bertz CT molecular complexity index is 3640. The van der Waals surface area contributed by atoms with Gasteiger partial charge in [-0.05, 0) is 83.9 Å². The van der Waals surface area contributed by atoms with Crippen LogP contribution in [0.15, 0.2) is 213 Å². The van der Waals surface area contributed by atoms with Gasteiger partial charge in [-0.2, -0.15) is 5.26 Å². The first-order valence-corrected chi connectivity index (χ1v) is 21.7. The molecule has 4 heterocycles. The minimum Gasteiger partial charge on any atom is -0.308 e. The number of halogens is 2. The molecule has 0 radical (unpaired) electrons. The van der Waals surface area contributed by atoms with Crippen molar-refractivity contribution in [1.82, 2.24) is 19.1 Å². The van der Waals surface area contributed by atoms with E-state index >= 15 is 8.78 Å². The van der Waals surface area contributed by atoms with Crippen molar-refractivity contribution in [3.8, 4) is 73.3 Å². The van der Waals surface area contributed by atoms with E-state index in [9.17, 15) is 5.26 Å². The third-order valence-corrected chi connectivity index (χ3v) is 12.6. The quantitative estimate of drug-likeness (QED) is 0.160. The van der Waals surface area contributed by atoms with E-state index in [1.54, 1.807) is 12.1 Å². The first-order chi connectivity index (χ1) is 32.5. The van der Waals surface area contributed by atoms with E-state index in [0.29, 0.717) is 22.5 Å². The molecule has 0 atom stereocenters. The van der Waals surface area contributed by atoms with Crippen LogP contribution in [0.2, 0.25) is 0 Å². The SMILES string of the molecule is N#Cc1cc(-n2c3ccccc3c3cc(-c4ccc(-c5ccccc5)nc4)ccc32)c(-c2c(F)cccc2F)c(-n2c3ccccc3c3cc(-c4ccc(-c5ccccc5)nc4)ccc32)c1. The zero-order valence-corrected chi connectivity index (χ0v) is 35.2. The summed E-state index contributed by atoms with van der Waals surface area (Å²) in [5, 5.41) is 14.6. The Hall–Kier alpha value is -8.99. The lowest BCUT2D eigenvalue weighted by Crippen LogP contribution is -2.07. The molecular weight excluding hydrogens is 817 g/mol. The van der Waals surface area contributed by atoms with Gasteiger partial charge in [0.2, 0.25) is 0 Å². The summed E-state index contributed by atoms with van der Waals surface area (Å²) < 4.78 is 37.3. The van der Waals surface area contributed by atoms with Crippen molar-refractivity contribution in [2.45, 2.75) is 0 Å². The van der Waals surface area contributed by atoms with Crippen molar-refractivity contribution < 1.29 is 8.78 Å². The van der Waals surface area contributed by atoms with Gasteiger partial charge in [-0.1, -0.05) is 127 Å². The molecule has 8 aromatic carbocycles. The van der Waals surface area contributed by atoms with Gasteiger partial charge in [-0.3, -0.25) is 9.97 Å². The Morgan fingerprint density at radius 2 is 0.788 bits per heavy atom. The van der Waals surface area contributed by atoms with Crippen LogP contribution < -0.4 is 0 Å². The summed E-state index contributed by atoms with van der Waals surface area (Å²) in [5.74, 6) is -1.43. The van der Waals surface area contributed by atoms with Crippen LogP contribution in [0, 0.1) is 23.0 Å². The molecule has 0 spiro atoms. The number of aromatic nitrogens is 4. The molecule has 310 valence electrons.